The number of fused-ring (bicyclic) bond motifs is 1. The maximum Gasteiger partial charge on any atom is 0.251 e. The van der Waals surface area contributed by atoms with Gasteiger partial charge in [0.15, 0.2) is 0 Å². The highest BCUT2D eigenvalue weighted by molar-refractivity contribution is 5.94. The summed E-state index contributed by atoms with van der Waals surface area (Å²) in [4.78, 5) is 41.1. The predicted molar refractivity (Wildman–Crippen MR) is 107 cm³/mol. The van der Waals surface area contributed by atoms with E-state index in [1.807, 2.05) is 36.9 Å². The highest BCUT2D eigenvalue weighted by atomic mass is 16.2. The van der Waals surface area contributed by atoms with E-state index in [-0.39, 0.29) is 35.8 Å². The summed E-state index contributed by atoms with van der Waals surface area (Å²) < 4.78 is 0. The van der Waals surface area contributed by atoms with E-state index < -0.39 is 0 Å². The van der Waals surface area contributed by atoms with E-state index in [9.17, 15) is 14.4 Å². The Morgan fingerprint density at radius 2 is 1.93 bits per heavy atom. The number of rotatable bonds is 7. The normalized spacial score (nSPS) is 24.4. The lowest BCUT2D eigenvalue weighted by Gasteiger charge is -2.37. The van der Waals surface area contributed by atoms with E-state index in [0.29, 0.717) is 37.9 Å². The predicted octanol–water partition coefficient (Wildman–Crippen LogP) is 1.01. The maximum atomic E-state index is 12.4. The summed E-state index contributed by atoms with van der Waals surface area (Å²) in [5, 5.41) is 6.03. The number of nitrogens with one attached hydrogen (secondary N) is 2. The average Bonchev–Trinajstić information content (AvgIpc) is 3.13. The summed E-state index contributed by atoms with van der Waals surface area (Å²) in [5.74, 6) is 0.0634. The van der Waals surface area contributed by atoms with Crippen molar-refractivity contribution in [3.05, 3.63) is 35.9 Å². The van der Waals surface area contributed by atoms with Gasteiger partial charge in [0.2, 0.25) is 11.8 Å². The van der Waals surface area contributed by atoms with Gasteiger partial charge in [-0.3, -0.25) is 19.3 Å². The number of hydrogen-bond acceptors (Lipinski definition) is 4. The molecule has 0 aliphatic carbocycles. The summed E-state index contributed by atoms with van der Waals surface area (Å²) >= 11 is 0. The van der Waals surface area contributed by atoms with Gasteiger partial charge in [-0.15, -0.1) is 0 Å². The van der Waals surface area contributed by atoms with Gasteiger partial charge in [-0.05, 0) is 38.8 Å². The molecule has 3 amide bonds. The number of hydrogen-bond donors (Lipinski definition) is 2. The zero-order valence-corrected chi connectivity index (χ0v) is 16.7. The Bertz CT molecular complexity index is 705. The van der Waals surface area contributed by atoms with Crippen LogP contribution in [0.15, 0.2) is 30.3 Å². The van der Waals surface area contributed by atoms with Gasteiger partial charge >= 0.3 is 0 Å². The molecule has 0 spiro atoms. The van der Waals surface area contributed by atoms with Crippen LogP contribution in [0, 0.1) is 0 Å². The quantitative estimate of drug-likeness (QED) is 0.733. The number of carbonyl (C=O) groups is 3. The minimum atomic E-state index is -0.233. The van der Waals surface area contributed by atoms with Crippen LogP contribution in [0.2, 0.25) is 0 Å². The fraction of sp³-hybridized carbons (Fsp3) is 0.571. The van der Waals surface area contributed by atoms with Gasteiger partial charge in [0.25, 0.3) is 5.91 Å². The molecule has 0 aromatic heterocycles. The molecule has 2 aliphatic rings. The minimum absolute atomic E-state index is 0.0165. The molecule has 152 valence electrons. The Kier molecular flexibility index (Phi) is 6.67. The van der Waals surface area contributed by atoms with E-state index in [2.05, 4.69) is 15.5 Å². The number of benzene rings is 1. The minimum Gasteiger partial charge on any atom is -0.353 e. The van der Waals surface area contributed by atoms with Crippen LogP contribution in [0.3, 0.4) is 0 Å². The molecule has 3 atom stereocenters. The molecule has 2 aliphatic heterocycles. The fourth-order valence-electron chi connectivity index (χ4n) is 4.23. The molecule has 2 heterocycles. The first-order valence-electron chi connectivity index (χ1n) is 10.2. The number of carbonyl (C=O) groups excluding carboxylic acids is 3. The van der Waals surface area contributed by atoms with Crippen molar-refractivity contribution in [3.8, 4) is 0 Å². The first-order chi connectivity index (χ1) is 13.5. The van der Waals surface area contributed by atoms with E-state index in [1.165, 1.54) is 0 Å². The standard InChI is InChI=1S/C21H30N4O3/c1-3-24(4-2)19(26)11-10-17-13-22-21(28)18-12-16(14-25(17)18)23-20(27)15-8-6-5-7-9-15/h5-9,16-18H,3-4,10-14H2,1-2H3,(H,22,28)(H,23,27)/t16-,17+,18-/m0/s1. The van der Waals surface area contributed by atoms with Crippen molar-refractivity contribution >= 4 is 17.7 Å². The zero-order valence-electron chi connectivity index (χ0n) is 16.7. The molecule has 7 heteroatoms. The highest BCUT2D eigenvalue weighted by Gasteiger charge is 2.43. The Balaban J connectivity index is 1.59. The molecule has 0 radical (unpaired) electrons. The Morgan fingerprint density at radius 3 is 2.61 bits per heavy atom. The monoisotopic (exact) mass is 386 g/mol. The molecule has 1 aromatic carbocycles. The van der Waals surface area contributed by atoms with E-state index in [4.69, 9.17) is 0 Å². The first kappa shape index (κ1) is 20.3. The molecule has 0 saturated carbocycles. The van der Waals surface area contributed by atoms with E-state index in [0.717, 1.165) is 13.1 Å². The van der Waals surface area contributed by atoms with Crippen molar-refractivity contribution in [3.63, 3.8) is 0 Å². The second-order valence-corrected chi connectivity index (χ2v) is 7.49. The van der Waals surface area contributed by atoms with Gasteiger partial charge < -0.3 is 15.5 Å². The van der Waals surface area contributed by atoms with Crippen LogP contribution in [0.1, 0.15) is 43.5 Å². The molecule has 0 unspecified atom stereocenters. The lowest BCUT2D eigenvalue weighted by molar-refractivity contribution is -0.132. The SMILES string of the molecule is CCN(CC)C(=O)CC[C@@H]1CNC(=O)[C@@H]2C[C@H](NC(=O)c3ccccc3)CN12. The fourth-order valence-corrected chi connectivity index (χ4v) is 4.23. The molecule has 28 heavy (non-hydrogen) atoms. The Morgan fingerprint density at radius 1 is 1.21 bits per heavy atom. The first-order valence-corrected chi connectivity index (χ1v) is 10.2. The van der Waals surface area contributed by atoms with Crippen LogP contribution in [0.5, 0.6) is 0 Å². The summed E-state index contributed by atoms with van der Waals surface area (Å²) in [7, 11) is 0. The lowest BCUT2D eigenvalue weighted by atomic mass is 10.0. The molecule has 2 fully saturated rings. The smallest absolute Gasteiger partial charge is 0.251 e. The second kappa shape index (κ2) is 9.19. The van der Waals surface area contributed by atoms with Crippen molar-refractivity contribution < 1.29 is 14.4 Å². The molecule has 7 nitrogen and oxygen atoms in total. The van der Waals surface area contributed by atoms with Crippen LogP contribution in [-0.4, -0.2) is 71.8 Å². The number of amides is 3. The van der Waals surface area contributed by atoms with Crippen LogP contribution < -0.4 is 10.6 Å². The summed E-state index contributed by atoms with van der Waals surface area (Å²) in [6.07, 6.45) is 1.79. The molecule has 1 aromatic rings. The van der Waals surface area contributed by atoms with Gasteiger partial charge in [0, 0.05) is 50.2 Å². The van der Waals surface area contributed by atoms with Gasteiger partial charge in [-0.2, -0.15) is 0 Å². The van der Waals surface area contributed by atoms with Crippen molar-refractivity contribution in [2.45, 2.75) is 51.2 Å². The van der Waals surface area contributed by atoms with Gasteiger partial charge in [-0.1, -0.05) is 18.2 Å². The zero-order chi connectivity index (χ0) is 20.1. The third kappa shape index (κ3) is 4.52. The van der Waals surface area contributed by atoms with Crippen LogP contribution in [0.4, 0.5) is 0 Å². The molecule has 2 N–H and O–H groups in total. The molecular weight excluding hydrogens is 356 g/mol. The summed E-state index contributed by atoms with van der Waals surface area (Å²) in [6.45, 7) is 6.60. The highest BCUT2D eigenvalue weighted by Crippen LogP contribution is 2.26. The third-order valence-corrected chi connectivity index (χ3v) is 5.80. The van der Waals surface area contributed by atoms with Gasteiger partial charge in [0.1, 0.15) is 0 Å². The van der Waals surface area contributed by atoms with Crippen molar-refractivity contribution in [2.24, 2.45) is 0 Å². The van der Waals surface area contributed by atoms with Gasteiger partial charge in [-0.25, -0.2) is 0 Å². The molecule has 3 rings (SSSR count). The van der Waals surface area contributed by atoms with E-state index in [1.54, 1.807) is 12.1 Å². The van der Waals surface area contributed by atoms with Crippen LogP contribution in [-0.2, 0) is 9.59 Å². The van der Waals surface area contributed by atoms with E-state index >= 15 is 0 Å². The Labute approximate surface area is 166 Å². The average molecular weight is 386 g/mol. The molecular formula is C21H30N4O3. The van der Waals surface area contributed by atoms with Gasteiger partial charge in [0.05, 0.1) is 6.04 Å². The summed E-state index contributed by atoms with van der Waals surface area (Å²) in [6, 6.07) is 8.94. The van der Waals surface area contributed by atoms with Crippen LogP contribution >= 0.6 is 0 Å². The Hall–Kier alpha value is -2.41. The number of nitrogens with zero attached hydrogens (tertiary/aromatic N) is 2. The maximum absolute atomic E-state index is 12.4. The van der Waals surface area contributed by atoms with Crippen molar-refractivity contribution in [1.29, 1.82) is 0 Å². The lowest BCUT2D eigenvalue weighted by Crippen LogP contribution is -2.58. The summed E-state index contributed by atoms with van der Waals surface area (Å²) in [5.41, 5.74) is 0.623. The third-order valence-electron chi connectivity index (χ3n) is 5.80. The number of piperazine rings is 1. The molecule has 2 saturated heterocycles. The molecule has 0 bridgehead atoms. The second-order valence-electron chi connectivity index (χ2n) is 7.49. The largest absolute Gasteiger partial charge is 0.353 e. The van der Waals surface area contributed by atoms with Crippen LogP contribution in [0.25, 0.3) is 0 Å². The van der Waals surface area contributed by atoms with Crippen molar-refractivity contribution in [2.75, 3.05) is 26.2 Å². The van der Waals surface area contributed by atoms with Crippen molar-refractivity contribution in [1.82, 2.24) is 20.4 Å². The topological polar surface area (TPSA) is 81.8 Å².